The third kappa shape index (κ3) is 4.99. The van der Waals surface area contributed by atoms with Gasteiger partial charge in [0.1, 0.15) is 0 Å². The first-order valence-electron chi connectivity index (χ1n) is 6.04. The number of hydrogen-bond donors (Lipinski definition) is 0. The van der Waals surface area contributed by atoms with Crippen molar-refractivity contribution in [2.75, 3.05) is 13.1 Å². The Kier molecular flexibility index (Phi) is 5.80. The monoisotopic (exact) mass is 332 g/mol. The molecular weight excluding hydrogens is 318 g/mol. The molecule has 0 fully saturated rings. The van der Waals surface area contributed by atoms with E-state index in [4.69, 9.17) is 0 Å². The minimum absolute atomic E-state index is 0.129. The van der Waals surface area contributed by atoms with Crippen LogP contribution in [0.15, 0.2) is 28.6 Å². The maximum atomic E-state index is 13.0. The zero-order chi connectivity index (χ0) is 16.3. The van der Waals surface area contributed by atoms with Gasteiger partial charge in [-0.2, -0.15) is 26.3 Å². The molecular formula is C12H14F6N2S. The van der Waals surface area contributed by atoms with Crippen LogP contribution in [0.4, 0.5) is 32.0 Å². The van der Waals surface area contributed by atoms with Gasteiger partial charge in [0, 0.05) is 13.1 Å². The highest BCUT2D eigenvalue weighted by molar-refractivity contribution is 7.86. The summed E-state index contributed by atoms with van der Waals surface area (Å²) in [6.45, 7) is 3.42. The second-order valence-corrected chi connectivity index (χ2v) is 5.65. The van der Waals surface area contributed by atoms with E-state index in [9.17, 15) is 26.3 Å². The standard InChI is InChI=1S/C12H14F6N2S/c1-3-20(4-2)21(12(16,17)18)19-10-7-5-9(6-8-10)11(13,14)15/h5-8H,3-4H2,1-2H3. The Morgan fingerprint density at radius 3 is 1.76 bits per heavy atom. The lowest BCUT2D eigenvalue weighted by Gasteiger charge is -2.23. The smallest absolute Gasteiger partial charge is 0.235 e. The molecule has 0 spiro atoms. The summed E-state index contributed by atoms with van der Waals surface area (Å²) in [5.41, 5.74) is -5.61. The molecule has 0 aliphatic carbocycles. The molecule has 0 saturated carbocycles. The number of nitrogens with zero attached hydrogens (tertiary/aromatic N) is 2. The minimum atomic E-state index is -4.56. The summed E-state index contributed by atoms with van der Waals surface area (Å²) in [6, 6.07) is 3.33. The van der Waals surface area contributed by atoms with Crippen molar-refractivity contribution < 1.29 is 26.3 Å². The molecule has 1 aromatic carbocycles. The van der Waals surface area contributed by atoms with E-state index in [0.717, 1.165) is 28.6 Å². The molecule has 0 aliphatic rings. The number of alkyl halides is 6. The van der Waals surface area contributed by atoms with E-state index in [1.54, 1.807) is 13.8 Å². The number of rotatable bonds is 4. The summed E-state index contributed by atoms with van der Waals surface area (Å²) in [7, 11) is -2.38. The highest BCUT2D eigenvalue weighted by Crippen LogP contribution is 2.32. The Bertz CT molecular complexity index is 488. The molecule has 9 heteroatoms. The Labute approximate surface area is 121 Å². The van der Waals surface area contributed by atoms with Crippen molar-refractivity contribution in [1.29, 1.82) is 0 Å². The third-order valence-corrected chi connectivity index (χ3v) is 4.35. The quantitative estimate of drug-likeness (QED) is 0.715. The zero-order valence-corrected chi connectivity index (χ0v) is 12.1. The average molecular weight is 332 g/mol. The summed E-state index contributed by atoms with van der Waals surface area (Å²) in [4.78, 5) is 0. The normalized spacial score (nSPS) is 14.7. The van der Waals surface area contributed by atoms with Crippen LogP contribution in [-0.4, -0.2) is 22.9 Å². The molecule has 1 atom stereocenters. The maximum Gasteiger partial charge on any atom is 0.466 e. The Balaban J connectivity index is 3.17. The molecule has 0 amide bonds. The molecule has 0 radical (unpaired) electrons. The van der Waals surface area contributed by atoms with Crippen LogP contribution in [0, 0.1) is 0 Å². The van der Waals surface area contributed by atoms with Gasteiger partial charge in [0.05, 0.1) is 22.1 Å². The van der Waals surface area contributed by atoms with E-state index in [-0.39, 0.29) is 18.8 Å². The second kappa shape index (κ2) is 6.78. The molecule has 120 valence electrons. The maximum absolute atomic E-state index is 13.0. The fourth-order valence-electron chi connectivity index (χ4n) is 1.54. The van der Waals surface area contributed by atoms with Crippen LogP contribution in [-0.2, 0) is 17.1 Å². The number of halogens is 6. The van der Waals surface area contributed by atoms with Crippen LogP contribution in [0.25, 0.3) is 0 Å². The fourth-order valence-corrected chi connectivity index (χ4v) is 2.86. The predicted octanol–water partition coefficient (Wildman–Crippen LogP) is 4.92. The molecule has 0 bridgehead atoms. The van der Waals surface area contributed by atoms with Crippen LogP contribution in [0.3, 0.4) is 0 Å². The summed E-state index contributed by atoms with van der Waals surface area (Å²) in [6.07, 6.45) is -4.52. The summed E-state index contributed by atoms with van der Waals surface area (Å²) in [5, 5.41) is 0. The van der Waals surface area contributed by atoms with Gasteiger partial charge in [0.25, 0.3) is 0 Å². The number of benzene rings is 1. The van der Waals surface area contributed by atoms with Gasteiger partial charge in [-0.3, -0.25) is 0 Å². The topological polar surface area (TPSA) is 15.6 Å². The molecule has 2 nitrogen and oxygen atoms in total. The lowest BCUT2D eigenvalue weighted by molar-refractivity contribution is -0.137. The van der Waals surface area contributed by atoms with E-state index in [1.165, 1.54) is 0 Å². The molecule has 0 aromatic heterocycles. The fraction of sp³-hybridized carbons (Fsp3) is 0.500. The van der Waals surface area contributed by atoms with Crippen molar-refractivity contribution >= 4 is 16.6 Å². The molecule has 1 aromatic rings. The van der Waals surface area contributed by atoms with Gasteiger partial charge in [-0.1, -0.05) is 13.8 Å². The van der Waals surface area contributed by atoms with E-state index in [0.29, 0.717) is 0 Å². The van der Waals surface area contributed by atoms with Crippen molar-refractivity contribution in [3.05, 3.63) is 29.8 Å². The Hall–Kier alpha value is -1.09. The molecule has 0 saturated heterocycles. The molecule has 1 unspecified atom stereocenters. The predicted molar refractivity (Wildman–Crippen MR) is 69.9 cm³/mol. The SMILES string of the molecule is CCN(CC)S(=Nc1ccc(C(F)(F)F)cc1)C(F)(F)F. The average Bonchev–Trinajstić information content (AvgIpc) is 2.37. The van der Waals surface area contributed by atoms with Gasteiger partial charge in [-0.15, -0.1) is 0 Å². The first kappa shape index (κ1) is 18.0. The largest absolute Gasteiger partial charge is 0.466 e. The van der Waals surface area contributed by atoms with Gasteiger partial charge >= 0.3 is 11.7 Å². The van der Waals surface area contributed by atoms with E-state index < -0.39 is 28.1 Å². The molecule has 0 aliphatic heterocycles. The highest BCUT2D eigenvalue weighted by atomic mass is 32.2. The van der Waals surface area contributed by atoms with Crippen molar-refractivity contribution in [1.82, 2.24) is 4.31 Å². The van der Waals surface area contributed by atoms with Crippen LogP contribution < -0.4 is 0 Å². The van der Waals surface area contributed by atoms with E-state index in [2.05, 4.69) is 4.36 Å². The van der Waals surface area contributed by atoms with Crippen LogP contribution in [0.2, 0.25) is 0 Å². The van der Waals surface area contributed by atoms with Crippen molar-refractivity contribution in [3.63, 3.8) is 0 Å². The summed E-state index contributed by atoms with van der Waals surface area (Å²) < 4.78 is 80.8. The minimum Gasteiger partial charge on any atom is -0.235 e. The lowest BCUT2D eigenvalue weighted by atomic mass is 10.2. The van der Waals surface area contributed by atoms with E-state index >= 15 is 0 Å². The van der Waals surface area contributed by atoms with Crippen LogP contribution >= 0.6 is 0 Å². The first-order valence-corrected chi connectivity index (χ1v) is 7.18. The highest BCUT2D eigenvalue weighted by Gasteiger charge is 2.38. The molecule has 0 heterocycles. The Morgan fingerprint density at radius 2 is 1.43 bits per heavy atom. The first-order chi connectivity index (χ1) is 9.59. The van der Waals surface area contributed by atoms with E-state index in [1.807, 2.05) is 0 Å². The molecule has 0 N–H and O–H groups in total. The third-order valence-electron chi connectivity index (χ3n) is 2.54. The second-order valence-electron chi connectivity index (χ2n) is 3.96. The molecule has 1 rings (SSSR count). The van der Waals surface area contributed by atoms with Crippen LogP contribution in [0.5, 0.6) is 0 Å². The molecule has 21 heavy (non-hydrogen) atoms. The summed E-state index contributed by atoms with van der Waals surface area (Å²) in [5.74, 6) is 0. The van der Waals surface area contributed by atoms with Crippen molar-refractivity contribution in [3.8, 4) is 0 Å². The lowest BCUT2D eigenvalue weighted by Crippen LogP contribution is -2.34. The van der Waals surface area contributed by atoms with Gasteiger partial charge in [0.2, 0.25) is 0 Å². The van der Waals surface area contributed by atoms with Gasteiger partial charge in [-0.05, 0) is 24.3 Å². The Morgan fingerprint density at radius 1 is 0.952 bits per heavy atom. The van der Waals surface area contributed by atoms with Gasteiger partial charge < -0.3 is 0 Å². The van der Waals surface area contributed by atoms with Gasteiger partial charge in [0.15, 0.2) is 0 Å². The summed E-state index contributed by atoms with van der Waals surface area (Å²) >= 11 is 0. The zero-order valence-electron chi connectivity index (χ0n) is 11.3. The number of hydrogen-bond acceptors (Lipinski definition) is 1. The van der Waals surface area contributed by atoms with Crippen molar-refractivity contribution in [2.45, 2.75) is 25.5 Å². The van der Waals surface area contributed by atoms with Crippen LogP contribution in [0.1, 0.15) is 19.4 Å². The van der Waals surface area contributed by atoms with Crippen molar-refractivity contribution in [2.24, 2.45) is 4.36 Å². The van der Waals surface area contributed by atoms with Gasteiger partial charge in [-0.25, -0.2) is 8.67 Å².